The Labute approximate surface area is 161 Å². The third-order valence-corrected chi connectivity index (χ3v) is 5.10. The molecule has 2 N–H and O–H groups in total. The van der Waals surface area contributed by atoms with Crippen LogP contribution in [0.5, 0.6) is 0 Å². The lowest BCUT2D eigenvalue weighted by Crippen LogP contribution is -2.51. The number of nitrogens with zero attached hydrogens (tertiary/aromatic N) is 1. The molecule has 2 aromatic rings. The summed E-state index contributed by atoms with van der Waals surface area (Å²) in [5, 5.41) is 6.23. The molecule has 2 aromatic carbocycles. The Morgan fingerprint density at radius 2 is 1.93 bits per heavy atom. The van der Waals surface area contributed by atoms with Gasteiger partial charge in [-0.25, -0.2) is 0 Å². The van der Waals surface area contributed by atoms with Crippen molar-refractivity contribution in [2.24, 2.45) is 0 Å². The summed E-state index contributed by atoms with van der Waals surface area (Å²) in [6, 6.07) is 11.1. The highest BCUT2D eigenvalue weighted by Crippen LogP contribution is 2.35. The Morgan fingerprint density at radius 1 is 1.11 bits per heavy atom. The summed E-state index contributed by atoms with van der Waals surface area (Å²) in [6.07, 6.45) is -0.831. The van der Waals surface area contributed by atoms with Gasteiger partial charge in [0.1, 0.15) is 0 Å². The smallest absolute Gasteiger partial charge is 0.364 e. The Kier molecular flexibility index (Phi) is 4.85. The second-order valence-electron chi connectivity index (χ2n) is 7.00. The van der Waals surface area contributed by atoms with E-state index in [4.69, 9.17) is 0 Å². The van der Waals surface area contributed by atoms with E-state index in [1.54, 1.807) is 18.2 Å². The number of benzene rings is 2. The highest BCUT2D eigenvalue weighted by Gasteiger charge is 2.32. The van der Waals surface area contributed by atoms with Crippen LogP contribution in [0.2, 0.25) is 0 Å². The van der Waals surface area contributed by atoms with Crippen molar-refractivity contribution in [1.29, 1.82) is 0 Å². The zero-order valence-corrected chi connectivity index (χ0v) is 15.1. The third kappa shape index (κ3) is 3.75. The molecular formula is C21H20F3N3O. The van der Waals surface area contributed by atoms with Crippen LogP contribution >= 0.6 is 0 Å². The van der Waals surface area contributed by atoms with Gasteiger partial charge in [-0.2, -0.15) is 13.2 Å². The average molecular weight is 387 g/mol. The van der Waals surface area contributed by atoms with Crippen molar-refractivity contribution < 1.29 is 18.0 Å². The minimum Gasteiger partial charge on any atom is -0.364 e. The average Bonchev–Trinajstić information content (AvgIpc) is 2.81. The minimum absolute atomic E-state index is 0.0279. The Balaban J connectivity index is 1.67. The number of carbonyl (C=O) groups excluding carboxylic acids is 1. The molecule has 1 saturated heterocycles. The summed E-state index contributed by atoms with van der Waals surface area (Å²) in [4.78, 5) is 14.3. The Morgan fingerprint density at radius 3 is 2.75 bits per heavy atom. The van der Waals surface area contributed by atoms with Gasteiger partial charge in [-0.05, 0) is 29.3 Å². The Bertz CT molecular complexity index is 923. The summed E-state index contributed by atoms with van der Waals surface area (Å²) in [5.41, 5.74) is 1.89. The summed E-state index contributed by atoms with van der Waals surface area (Å²) in [6.45, 7) is 2.33. The van der Waals surface area contributed by atoms with Gasteiger partial charge in [0.25, 0.3) is 0 Å². The van der Waals surface area contributed by atoms with Crippen LogP contribution < -0.4 is 15.5 Å². The van der Waals surface area contributed by atoms with Gasteiger partial charge in [0, 0.05) is 26.1 Å². The van der Waals surface area contributed by atoms with Crippen molar-refractivity contribution in [3.63, 3.8) is 0 Å². The Hall–Kier alpha value is -2.80. The van der Waals surface area contributed by atoms with Crippen molar-refractivity contribution in [2.45, 2.75) is 18.6 Å². The predicted octanol–water partition coefficient (Wildman–Crippen LogP) is 4.00. The van der Waals surface area contributed by atoms with Crippen LogP contribution in [0.1, 0.15) is 23.1 Å². The molecule has 2 aliphatic heterocycles. The molecule has 0 saturated carbocycles. The normalized spacial score (nSPS) is 19.8. The number of hydrogen-bond acceptors (Lipinski definition) is 3. The fourth-order valence-corrected chi connectivity index (χ4v) is 3.76. The van der Waals surface area contributed by atoms with E-state index in [2.05, 4.69) is 15.5 Å². The van der Waals surface area contributed by atoms with Crippen molar-refractivity contribution in [3.05, 3.63) is 59.2 Å². The van der Waals surface area contributed by atoms with E-state index in [0.29, 0.717) is 6.42 Å². The molecule has 1 atom stereocenters. The molecule has 0 bridgehead atoms. The molecule has 1 fully saturated rings. The molecule has 0 aromatic heterocycles. The maximum absolute atomic E-state index is 13.2. The molecule has 4 rings (SSSR count). The number of anilines is 2. The molecule has 146 valence electrons. The van der Waals surface area contributed by atoms with Gasteiger partial charge in [-0.15, -0.1) is 0 Å². The first-order valence-electron chi connectivity index (χ1n) is 9.17. The van der Waals surface area contributed by atoms with E-state index < -0.39 is 11.7 Å². The highest BCUT2D eigenvalue weighted by molar-refractivity contribution is 5.97. The maximum Gasteiger partial charge on any atom is 0.416 e. The monoisotopic (exact) mass is 387 g/mol. The first-order chi connectivity index (χ1) is 13.4. The molecule has 1 amide bonds. The molecule has 0 radical (unpaired) electrons. The molecular weight excluding hydrogens is 367 g/mol. The summed E-state index contributed by atoms with van der Waals surface area (Å²) < 4.78 is 39.5. The van der Waals surface area contributed by atoms with Gasteiger partial charge in [0.2, 0.25) is 5.91 Å². The van der Waals surface area contributed by atoms with Crippen LogP contribution in [0, 0.1) is 0 Å². The lowest BCUT2D eigenvalue weighted by atomic mass is 10.0. The van der Waals surface area contributed by atoms with E-state index >= 15 is 0 Å². The highest BCUT2D eigenvalue weighted by atomic mass is 19.4. The molecule has 2 heterocycles. The minimum atomic E-state index is -4.40. The van der Waals surface area contributed by atoms with E-state index in [0.717, 1.165) is 42.6 Å². The molecule has 0 spiro atoms. The molecule has 0 aliphatic carbocycles. The first-order valence-corrected chi connectivity index (χ1v) is 9.17. The van der Waals surface area contributed by atoms with Crippen LogP contribution in [0.25, 0.3) is 12.2 Å². The fraction of sp³-hybridized carbons (Fsp3) is 0.286. The third-order valence-electron chi connectivity index (χ3n) is 5.10. The van der Waals surface area contributed by atoms with Gasteiger partial charge in [0.15, 0.2) is 0 Å². The number of carbonyl (C=O) groups is 1. The second-order valence-corrected chi connectivity index (χ2v) is 7.00. The maximum atomic E-state index is 13.2. The van der Waals surface area contributed by atoms with Crippen molar-refractivity contribution in [3.8, 4) is 0 Å². The molecule has 4 nitrogen and oxygen atoms in total. The summed E-state index contributed by atoms with van der Waals surface area (Å²) >= 11 is 0. The number of halogens is 3. The second kappa shape index (κ2) is 7.31. The van der Waals surface area contributed by atoms with Gasteiger partial charge in [0.05, 0.1) is 23.0 Å². The van der Waals surface area contributed by atoms with Gasteiger partial charge < -0.3 is 15.5 Å². The van der Waals surface area contributed by atoms with Crippen molar-refractivity contribution >= 4 is 29.4 Å². The first kappa shape index (κ1) is 18.6. The lowest BCUT2D eigenvalue weighted by molar-refractivity contribution is -0.137. The van der Waals surface area contributed by atoms with Gasteiger partial charge in [-0.1, -0.05) is 36.4 Å². The molecule has 28 heavy (non-hydrogen) atoms. The zero-order valence-electron chi connectivity index (χ0n) is 15.1. The number of alkyl halides is 3. The van der Waals surface area contributed by atoms with Crippen molar-refractivity contribution in [2.75, 3.05) is 29.9 Å². The summed E-state index contributed by atoms with van der Waals surface area (Å²) in [7, 11) is 0. The number of hydrogen-bond donors (Lipinski definition) is 2. The number of rotatable bonds is 2. The van der Waals surface area contributed by atoms with Crippen LogP contribution in [0.3, 0.4) is 0 Å². The molecule has 1 unspecified atom stereocenters. The number of nitrogens with one attached hydrogen (secondary N) is 2. The van der Waals surface area contributed by atoms with E-state index in [1.807, 2.05) is 12.1 Å². The molecule has 7 heteroatoms. The summed E-state index contributed by atoms with van der Waals surface area (Å²) in [5.74, 6) is -0.0279. The van der Waals surface area contributed by atoms with Crippen molar-refractivity contribution in [1.82, 2.24) is 5.32 Å². The fourth-order valence-electron chi connectivity index (χ4n) is 3.76. The zero-order chi connectivity index (χ0) is 19.7. The SMILES string of the molecule is O=C1CC2CNCCN2c2cc(/C=C/c3ccccc3C(F)(F)F)ccc2N1. The lowest BCUT2D eigenvalue weighted by Gasteiger charge is -2.36. The van der Waals surface area contributed by atoms with E-state index in [9.17, 15) is 18.0 Å². The van der Waals surface area contributed by atoms with Gasteiger partial charge >= 0.3 is 6.18 Å². The number of piperazine rings is 1. The van der Waals surface area contributed by atoms with Crippen LogP contribution in [-0.4, -0.2) is 31.6 Å². The van der Waals surface area contributed by atoms with E-state index in [-0.39, 0.29) is 17.5 Å². The van der Waals surface area contributed by atoms with E-state index in [1.165, 1.54) is 18.2 Å². The van der Waals surface area contributed by atoms with Crippen LogP contribution in [0.4, 0.5) is 24.5 Å². The van der Waals surface area contributed by atoms with Crippen LogP contribution in [-0.2, 0) is 11.0 Å². The quantitative estimate of drug-likeness (QED) is 0.766. The van der Waals surface area contributed by atoms with Crippen LogP contribution in [0.15, 0.2) is 42.5 Å². The number of amides is 1. The topological polar surface area (TPSA) is 44.4 Å². The predicted molar refractivity (Wildman–Crippen MR) is 104 cm³/mol. The van der Waals surface area contributed by atoms with Gasteiger partial charge in [-0.3, -0.25) is 4.79 Å². The number of fused-ring (bicyclic) bond motifs is 3. The molecule has 2 aliphatic rings. The largest absolute Gasteiger partial charge is 0.416 e. The standard InChI is InChI=1S/C21H20F3N3O/c22-21(23,24)17-4-2-1-3-15(17)7-5-14-6-8-18-19(11-14)27-10-9-25-13-16(27)12-20(28)26-18/h1-8,11,16,25H,9-10,12-13H2,(H,26,28)/b7-5+.